The zero-order valence-corrected chi connectivity index (χ0v) is 17.6. The zero-order chi connectivity index (χ0) is 20.6. The van der Waals surface area contributed by atoms with Gasteiger partial charge >= 0.3 is 5.97 Å². The van der Waals surface area contributed by atoms with Gasteiger partial charge in [0.1, 0.15) is 0 Å². The van der Waals surface area contributed by atoms with Crippen LogP contribution in [0.15, 0.2) is 42.5 Å². The summed E-state index contributed by atoms with van der Waals surface area (Å²) in [5.74, 6) is -0.386. The maximum Gasteiger partial charge on any atom is 0.310 e. The number of carbonyl (C=O) groups excluding carboxylic acids is 1. The molecule has 9 heteroatoms. The molecule has 0 amide bonds. The minimum atomic E-state index is -3.44. The summed E-state index contributed by atoms with van der Waals surface area (Å²) in [4.78, 5) is 12.1. The predicted molar refractivity (Wildman–Crippen MR) is 111 cm³/mol. The van der Waals surface area contributed by atoms with Crippen LogP contribution in [0, 0.1) is 0 Å². The van der Waals surface area contributed by atoms with Gasteiger partial charge in [0.05, 0.1) is 41.6 Å². The lowest BCUT2D eigenvalue weighted by atomic mass is 10.1. The maximum atomic E-state index is 12.1. The highest BCUT2D eigenvalue weighted by Gasteiger charge is 2.12. The third-order valence-electron chi connectivity index (χ3n) is 3.67. The molecule has 0 aliphatic rings. The van der Waals surface area contributed by atoms with Gasteiger partial charge in [0.2, 0.25) is 0 Å². The molecule has 2 aromatic rings. The van der Waals surface area contributed by atoms with Crippen molar-refractivity contribution in [1.29, 1.82) is 0 Å². The topological polar surface area (TPSA) is 81.7 Å². The first kappa shape index (κ1) is 22.5. The molecule has 0 spiro atoms. The third kappa shape index (κ3) is 7.67. The largest absolute Gasteiger partial charge is 0.465 e. The van der Waals surface area contributed by atoms with Gasteiger partial charge in [0.25, 0.3) is 10.1 Å². The molecule has 0 saturated carbocycles. The van der Waals surface area contributed by atoms with Gasteiger partial charge in [-0.05, 0) is 36.6 Å². The number of para-hydroxylation sites is 2. The van der Waals surface area contributed by atoms with Crippen LogP contribution in [0.25, 0.3) is 0 Å². The number of halogens is 2. The van der Waals surface area contributed by atoms with E-state index in [2.05, 4.69) is 9.50 Å². The van der Waals surface area contributed by atoms with E-state index < -0.39 is 10.1 Å². The van der Waals surface area contributed by atoms with Crippen molar-refractivity contribution in [2.24, 2.45) is 0 Å². The Hall–Kier alpha value is -1.80. The highest BCUT2D eigenvalue weighted by atomic mass is 35.5. The Balaban J connectivity index is 1.88. The minimum Gasteiger partial charge on any atom is -0.465 e. The molecule has 0 aliphatic heterocycles. The van der Waals surface area contributed by atoms with Crippen molar-refractivity contribution < 1.29 is 22.1 Å². The fraction of sp³-hybridized carbons (Fsp3) is 0.316. The molecule has 0 heterocycles. The van der Waals surface area contributed by atoms with E-state index in [-0.39, 0.29) is 25.6 Å². The van der Waals surface area contributed by atoms with Crippen LogP contribution >= 0.6 is 23.2 Å². The Labute approximate surface area is 174 Å². The van der Waals surface area contributed by atoms with E-state index in [4.69, 9.17) is 27.9 Å². The third-order valence-corrected chi connectivity index (χ3v) is 4.90. The Bertz CT molecular complexity index is 898. The Morgan fingerprint density at radius 3 is 2.32 bits per heavy atom. The smallest absolute Gasteiger partial charge is 0.310 e. The number of benzene rings is 2. The van der Waals surface area contributed by atoms with E-state index in [0.29, 0.717) is 34.3 Å². The molecular weight excluding hydrogens is 425 g/mol. The summed E-state index contributed by atoms with van der Waals surface area (Å²) in [7, 11) is -3.44. The number of hydrogen-bond acceptors (Lipinski definition) is 6. The fourth-order valence-corrected chi connectivity index (χ4v) is 3.27. The summed E-state index contributed by atoms with van der Waals surface area (Å²) in [6.07, 6.45) is 2.05. The van der Waals surface area contributed by atoms with Gasteiger partial charge in [0.15, 0.2) is 0 Å². The molecule has 0 atom stereocenters. The van der Waals surface area contributed by atoms with Crippen molar-refractivity contribution >= 4 is 50.7 Å². The van der Waals surface area contributed by atoms with Crippen molar-refractivity contribution in [3.63, 3.8) is 0 Å². The van der Waals surface area contributed by atoms with Crippen LogP contribution in [0.5, 0.6) is 0 Å². The molecule has 0 aliphatic carbocycles. The van der Waals surface area contributed by atoms with Crippen molar-refractivity contribution in [2.75, 3.05) is 24.8 Å². The van der Waals surface area contributed by atoms with Gasteiger partial charge in [-0.2, -0.15) is 8.42 Å². The molecule has 6 nitrogen and oxygen atoms in total. The summed E-state index contributed by atoms with van der Waals surface area (Å²) < 4.78 is 31.5. The molecule has 0 fully saturated rings. The quantitative estimate of drug-likeness (QED) is 0.327. The number of esters is 1. The lowest BCUT2D eigenvalue weighted by Crippen LogP contribution is -2.11. The minimum absolute atomic E-state index is 0.0712. The molecule has 28 heavy (non-hydrogen) atoms. The normalized spacial score (nSPS) is 11.2. The van der Waals surface area contributed by atoms with Crippen LogP contribution in [-0.4, -0.2) is 33.9 Å². The summed E-state index contributed by atoms with van der Waals surface area (Å²) in [5.41, 5.74) is 2.01. The van der Waals surface area contributed by atoms with Crippen LogP contribution in [0.3, 0.4) is 0 Å². The molecule has 2 rings (SSSR count). The standard InChI is InChI=1S/C19H21Cl2NO5S/c1-28(24,25)27-12-5-4-11-26-18(23)13-14-7-2-3-10-17(14)22-19-15(20)8-6-9-16(19)21/h2-3,6-10,22H,4-5,11-13H2,1H3. The highest BCUT2D eigenvalue weighted by molar-refractivity contribution is 7.85. The van der Waals surface area contributed by atoms with Crippen LogP contribution in [0.2, 0.25) is 10.0 Å². The number of rotatable bonds is 10. The molecular formula is C19H21Cl2NO5S. The molecule has 1 N–H and O–H groups in total. The van der Waals surface area contributed by atoms with Crippen molar-refractivity contribution in [3.8, 4) is 0 Å². The Kier molecular flexibility index (Phi) is 8.57. The lowest BCUT2D eigenvalue weighted by Gasteiger charge is -2.14. The monoisotopic (exact) mass is 445 g/mol. The van der Waals surface area contributed by atoms with E-state index in [0.717, 1.165) is 11.8 Å². The van der Waals surface area contributed by atoms with Crippen LogP contribution in [0.4, 0.5) is 11.4 Å². The molecule has 0 unspecified atom stereocenters. The van der Waals surface area contributed by atoms with Crippen molar-refractivity contribution in [3.05, 3.63) is 58.1 Å². The first-order valence-electron chi connectivity index (χ1n) is 8.55. The van der Waals surface area contributed by atoms with Gasteiger partial charge in [-0.3, -0.25) is 8.98 Å². The number of anilines is 2. The van der Waals surface area contributed by atoms with Crippen molar-refractivity contribution in [2.45, 2.75) is 19.3 Å². The van der Waals surface area contributed by atoms with Gasteiger partial charge in [0, 0.05) is 5.69 Å². The maximum absolute atomic E-state index is 12.1. The number of hydrogen-bond donors (Lipinski definition) is 1. The Morgan fingerprint density at radius 2 is 1.64 bits per heavy atom. The van der Waals surface area contributed by atoms with Crippen molar-refractivity contribution in [1.82, 2.24) is 0 Å². The van der Waals surface area contributed by atoms with Crippen LogP contribution in [-0.2, 0) is 30.3 Å². The highest BCUT2D eigenvalue weighted by Crippen LogP contribution is 2.33. The zero-order valence-electron chi connectivity index (χ0n) is 15.3. The van der Waals surface area contributed by atoms with Crippen LogP contribution in [0.1, 0.15) is 18.4 Å². The summed E-state index contributed by atoms with van der Waals surface area (Å²) in [6.45, 7) is 0.264. The fourth-order valence-electron chi connectivity index (χ4n) is 2.36. The average Bonchev–Trinajstić information content (AvgIpc) is 2.61. The first-order valence-corrected chi connectivity index (χ1v) is 11.1. The van der Waals surface area contributed by atoms with E-state index in [9.17, 15) is 13.2 Å². The lowest BCUT2D eigenvalue weighted by molar-refractivity contribution is -0.143. The van der Waals surface area contributed by atoms with Gasteiger partial charge in [-0.1, -0.05) is 47.5 Å². The molecule has 0 bridgehead atoms. The predicted octanol–water partition coefficient (Wildman–Crippen LogP) is 4.58. The van der Waals surface area contributed by atoms with E-state index in [1.54, 1.807) is 18.2 Å². The molecule has 0 radical (unpaired) electrons. The van der Waals surface area contributed by atoms with Crippen LogP contribution < -0.4 is 5.32 Å². The molecule has 0 aromatic heterocycles. The number of ether oxygens (including phenoxy) is 1. The molecule has 0 saturated heterocycles. The van der Waals surface area contributed by atoms with Gasteiger partial charge in [-0.25, -0.2) is 0 Å². The second-order valence-corrected chi connectivity index (χ2v) is 8.47. The average molecular weight is 446 g/mol. The summed E-state index contributed by atoms with van der Waals surface area (Å²) in [6, 6.07) is 12.5. The summed E-state index contributed by atoms with van der Waals surface area (Å²) in [5, 5.41) is 4.11. The number of nitrogens with one attached hydrogen (secondary N) is 1. The van der Waals surface area contributed by atoms with E-state index >= 15 is 0 Å². The summed E-state index contributed by atoms with van der Waals surface area (Å²) >= 11 is 12.4. The van der Waals surface area contributed by atoms with E-state index in [1.807, 2.05) is 24.3 Å². The van der Waals surface area contributed by atoms with Gasteiger partial charge in [-0.15, -0.1) is 0 Å². The SMILES string of the molecule is CS(=O)(=O)OCCCCOC(=O)Cc1ccccc1Nc1c(Cl)cccc1Cl. The van der Waals surface area contributed by atoms with Gasteiger partial charge < -0.3 is 10.1 Å². The molecule has 2 aromatic carbocycles. The second-order valence-electron chi connectivity index (χ2n) is 6.01. The second kappa shape index (κ2) is 10.7. The van der Waals surface area contributed by atoms with E-state index in [1.165, 1.54) is 0 Å². The Morgan fingerprint density at radius 1 is 1.00 bits per heavy atom. The number of unbranched alkanes of at least 4 members (excludes halogenated alkanes) is 1. The first-order chi connectivity index (χ1) is 13.3. The number of carbonyl (C=O) groups is 1. The molecule has 152 valence electrons.